The lowest BCUT2D eigenvalue weighted by atomic mass is 10.1. The summed E-state index contributed by atoms with van der Waals surface area (Å²) in [5, 5.41) is 9.77. The smallest absolute Gasteiger partial charge is 0.243 e. The Morgan fingerprint density at radius 2 is 2.44 bits per heavy atom. The molecule has 0 aliphatic carbocycles. The van der Waals surface area contributed by atoms with Crippen LogP contribution in [0.2, 0.25) is 0 Å². The van der Waals surface area contributed by atoms with Gasteiger partial charge in [0.25, 0.3) is 0 Å². The molecule has 1 fully saturated rings. The lowest BCUT2D eigenvalue weighted by molar-refractivity contribution is 0.266. The fraction of sp³-hybridized carbons (Fsp3) is 0.800. The average molecular weight is 224 g/mol. The van der Waals surface area contributed by atoms with Crippen molar-refractivity contribution >= 4 is 11.9 Å². The van der Waals surface area contributed by atoms with E-state index in [4.69, 9.17) is 5.73 Å². The van der Waals surface area contributed by atoms with Gasteiger partial charge in [0.2, 0.25) is 11.9 Å². The molecule has 1 aromatic heterocycles. The number of aromatic amines is 1. The quantitative estimate of drug-likeness (QED) is 0.695. The van der Waals surface area contributed by atoms with Gasteiger partial charge < -0.3 is 16.0 Å². The van der Waals surface area contributed by atoms with E-state index >= 15 is 0 Å². The van der Waals surface area contributed by atoms with E-state index in [1.807, 2.05) is 0 Å². The maximum Gasteiger partial charge on any atom is 0.243 e. The first kappa shape index (κ1) is 11.2. The van der Waals surface area contributed by atoms with Crippen LogP contribution in [0.5, 0.6) is 0 Å². The van der Waals surface area contributed by atoms with Crippen LogP contribution in [0.15, 0.2) is 0 Å². The largest absolute Gasteiger partial charge is 0.368 e. The molecular weight excluding hydrogens is 204 g/mol. The summed E-state index contributed by atoms with van der Waals surface area (Å²) in [7, 11) is 0. The number of likely N-dealkylation sites (tertiary alicyclic amines) is 1. The van der Waals surface area contributed by atoms with Crippen LogP contribution in [0, 0.1) is 5.92 Å². The summed E-state index contributed by atoms with van der Waals surface area (Å²) >= 11 is 0. The standard InChI is InChI=1S/C10H20N6/c1-7(2)16-4-3-8(6-16)5-12-10-13-9(11)14-15-10/h7-8H,3-6H2,1-2H3,(H4,11,12,13,14,15). The van der Waals surface area contributed by atoms with Gasteiger partial charge in [-0.05, 0) is 32.7 Å². The third kappa shape index (κ3) is 2.63. The van der Waals surface area contributed by atoms with Gasteiger partial charge in [-0.2, -0.15) is 4.98 Å². The number of rotatable bonds is 4. The van der Waals surface area contributed by atoms with Gasteiger partial charge in [-0.1, -0.05) is 0 Å². The molecule has 0 radical (unpaired) electrons. The van der Waals surface area contributed by atoms with E-state index < -0.39 is 0 Å². The normalized spacial score (nSPS) is 21.8. The SMILES string of the molecule is CC(C)N1CCC(CNc2n[nH]c(N)n2)C1. The van der Waals surface area contributed by atoms with E-state index in [-0.39, 0.29) is 0 Å². The Kier molecular flexibility index (Phi) is 3.28. The van der Waals surface area contributed by atoms with Crippen molar-refractivity contribution in [2.24, 2.45) is 5.92 Å². The number of anilines is 2. The molecule has 1 aliphatic heterocycles. The lowest BCUT2D eigenvalue weighted by Crippen LogP contribution is -2.29. The second-order valence-corrected chi connectivity index (χ2v) is 4.67. The number of aromatic nitrogens is 3. The van der Waals surface area contributed by atoms with Gasteiger partial charge in [-0.25, -0.2) is 5.10 Å². The summed E-state index contributed by atoms with van der Waals surface area (Å²) in [6, 6.07) is 0.643. The third-order valence-corrected chi connectivity index (χ3v) is 3.10. The monoisotopic (exact) mass is 224 g/mol. The Hall–Kier alpha value is -1.30. The molecule has 0 aromatic carbocycles. The molecule has 1 saturated heterocycles. The highest BCUT2D eigenvalue weighted by Crippen LogP contribution is 2.18. The zero-order chi connectivity index (χ0) is 11.5. The Morgan fingerprint density at radius 3 is 3.00 bits per heavy atom. The van der Waals surface area contributed by atoms with Crippen molar-refractivity contribution in [1.82, 2.24) is 20.1 Å². The zero-order valence-electron chi connectivity index (χ0n) is 9.90. The van der Waals surface area contributed by atoms with Crippen LogP contribution in [-0.2, 0) is 0 Å². The first-order chi connectivity index (χ1) is 7.65. The van der Waals surface area contributed by atoms with Crippen LogP contribution in [0.25, 0.3) is 0 Å². The summed E-state index contributed by atoms with van der Waals surface area (Å²) in [6.07, 6.45) is 1.24. The number of hydrogen-bond acceptors (Lipinski definition) is 5. The number of nitrogens with one attached hydrogen (secondary N) is 2. The van der Waals surface area contributed by atoms with Gasteiger partial charge in [0.15, 0.2) is 0 Å². The molecule has 0 bridgehead atoms. The Labute approximate surface area is 95.6 Å². The number of nitrogens with two attached hydrogens (primary N) is 1. The van der Waals surface area contributed by atoms with E-state index in [0.717, 1.165) is 13.1 Å². The number of hydrogen-bond donors (Lipinski definition) is 3. The second kappa shape index (κ2) is 4.69. The molecule has 2 rings (SSSR count). The molecule has 16 heavy (non-hydrogen) atoms. The van der Waals surface area contributed by atoms with Gasteiger partial charge in [0.1, 0.15) is 0 Å². The van der Waals surface area contributed by atoms with Crippen molar-refractivity contribution in [2.45, 2.75) is 26.3 Å². The van der Waals surface area contributed by atoms with Crippen molar-refractivity contribution < 1.29 is 0 Å². The fourth-order valence-electron chi connectivity index (χ4n) is 2.09. The van der Waals surface area contributed by atoms with E-state index in [9.17, 15) is 0 Å². The minimum Gasteiger partial charge on any atom is -0.368 e. The molecule has 2 heterocycles. The summed E-state index contributed by atoms with van der Waals surface area (Å²) in [6.45, 7) is 7.75. The van der Waals surface area contributed by atoms with Crippen molar-refractivity contribution in [1.29, 1.82) is 0 Å². The van der Waals surface area contributed by atoms with Crippen LogP contribution in [0.1, 0.15) is 20.3 Å². The maximum absolute atomic E-state index is 5.45. The predicted octanol–water partition coefficient (Wildman–Crippen LogP) is 0.529. The zero-order valence-corrected chi connectivity index (χ0v) is 9.90. The molecule has 1 aromatic rings. The summed E-state index contributed by atoms with van der Waals surface area (Å²) < 4.78 is 0. The molecule has 1 aliphatic rings. The number of nitrogen functional groups attached to an aromatic ring is 1. The van der Waals surface area contributed by atoms with Crippen LogP contribution in [0.3, 0.4) is 0 Å². The molecule has 1 atom stereocenters. The molecule has 0 saturated carbocycles. The van der Waals surface area contributed by atoms with Gasteiger partial charge in [0, 0.05) is 19.1 Å². The Balaban J connectivity index is 1.75. The minimum atomic E-state index is 0.359. The van der Waals surface area contributed by atoms with E-state index in [2.05, 4.69) is 39.2 Å². The summed E-state index contributed by atoms with van der Waals surface area (Å²) in [4.78, 5) is 6.51. The van der Waals surface area contributed by atoms with Gasteiger partial charge in [0.05, 0.1) is 0 Å². The molecule has 6 nitrogen and oxygen atoms in total. The highest BCUT2D eigenvalue weighted by Gasteiger charge is 2.23. The third-order valence-electron chi connectivity index (χ3n) is 3.10. The average Bonchev–Trinajstić information content (AvgIpc) is 2.83. The highest BCUT2D eigenvalue weighted by molar-refractivity contribution is 5.29. The summed E-state index contributed by atoms with van der Waals surface area (Å²) in [5.74, 6) is 1.64. The van der Waals surface area contributed by atoms with Crippen molar-refractivity contribution in [3.05, 3.63) is 0 Å². The highest BCUT2D eigenvalue weighted by atomic mass is 15.3. The molecule has 6 heteroatoms. The van der Waals surface area contributed by atoms with Crippen molar-refractivity contribution in [2.75, 3.05) is 30.7 Å². The van der Waals surface area contributed by atoms with Gasteiger partial charge in [-0.15, -0.1) is 5.10 Å². The van der Waals surface area contributed by atoms with Crippen molar-refractivity contribution in [3.63, 3.8) is 0 Å². The first-order valence-electron chi connectivity index (χ1n) is 5.81. The Bertz CT molecular complexity index is 334. The second-order valence-electron chi connectivity index (χ2n) is 4.67. The van der Waals surface area contributed by atoms with Crippen LogP contribution in [-0.4, -0.2) is 45.8 Å². The molecule has 0 spiro atoms. The van der Waals surface area contributed by atoms with E-state index in [1.54, 1.807) is 0 Å². The number of H-pyrrole nitrogens is 1. The van der Waals surface area contributed by atoms with Crippen LogP contribution >= 0.6 is 0 Å². The molecule has 90 valence electrons. The van der Waals surface area contributed by atoms with E-state index in [1.165, 1.54) is 13.0 Å². The lowest BCUT2D eigenvalue weighted by Gasteiger charge is -2.20. The predicted molar refractivity (Wildman–Crippen MR) is 64.1 cm³/mol. The topological polar surface area (TPSA) is 82.9 Å². The van der Waals surface area contributed by atoms with Gasteiger partial charge in [-0.3, -0.25) is 0 Å². The first-order valence-corrected chi connectivity index (χ1v) is 5.81. The Morgan fingerprint density at radius 1 is 1.62 bits per heavy atom. The molecule has 4 N–H and O–H groups in total. The molecule has 0 amide bonds. The maximum atomic E-state index is 5.45. The van der Waals surface area contributed by atoms with Gasteiger partial charge >= 0.3 is 0 Å². The van der Waals surface area contributed by atoms with Crippen LogP contribution in [0.4, 0.5) is 11.9 Å². The molecule has 1 unspecified atom stereocenters. The minimum absolute atomic E-state index is 0.359. The summed E-state index contributed by atoms with van der Waals surface area (Å²) in [5.41, 5.74) is 5.45. The van der Waals surface area contributed by atoms with Crippen LogP contribution < -0.4 is 11.1 Å². The van der Waals surface area contributed by atoms with Crippen molar-refractivity contribution in [3.8, 4) is 0 Å². The number of nitrogens with zero attached hydrogens (tertiary/aromatic N) is 3. The molecular formula is C10H20N6. The van der Waals surface area contributed by atoms with E-state index in [0.29, 0.717) is 23.9 Å². The fourth-order valence-corrected chi connectivity index (χ4v) is 2.09.